The Morgan fingerprint density at radius 3 is 2.39 bits per heavy atom. The number of hydrogen-bond acceptors (Lipinski definition) is 15. The first-order chi connectivity index (χ1) is 40.1. The van der Waals surface area contributed by atoms with Crippen LogP contribution in [-0.2, 0) is 36.9 Å². The van der Waals surface area contributed by atoms with E-state index in [9.17, 15) is 24.3 Å². The fourth-order valence-electron chi connectivity index (χ4n) is 12.6. The number of aliphatic hydroxyl groups excluding tert-OH is 1. The number of aryl methyl sites for hydroxylation is 2. The van der Waals surface area contributed by atoms with Gasteiger partial charge >= 0.3 is 0 Å². The fourth-order valence-corrected chi connectivity index (χ4v) is 13.5. The summed E-state index contributed by atoms with van der Waals surface area (Å²) in [5, 5.41) is 23.2. The summed E-state index contributed by atoms with van der Waals surface area (Å²) < 4.78 is 52.2. The van der Waals surface area contributed by atoms with E-state index in [1.807, 2.05) is 60.5 Å². The van der Waals surface area contributed by atoms with E-state index in [1.54, 1.807) is 59.6 Å². The van der Waals surface area contributed by atoms with Crippen LogP contribution in [0.25, 0.3) is 27.2 Å². The molecule has 4 amide bonds. The number of halogens is 2. The number of anilines is 3. The lowest BCUT2D eigenvalue weighted by atomic mass is 9.91. The number of nitrogens with zero attached hydrogens (tertiary/aromatic N) is 11. The molecule has 5 aliphatic rings. The van der Waals surface area contributed by atoms with Crippen molar-refractivity contribution in [1.29, 1.82) is 0 Å². The SMILES string of the molecule is CC(=O)N1CCc2c(c(N3CCOc4cc(-c5ccn6c(N7CCN(C(=O)C[C@H](NC(=O)[C@@H]8C[C@@H](O)CN8C(=O)[C@@H](c8cc(C)no8)C(C)C)c8ccc(-c9scnc9C)cc8)CC7)cnc6c5)c(C(F)F)cc43)nn2C2CCOCC2)C1. The minimum Gasteiger partial charge on any atom is -0.490 e. The van der Waals surface area contributed by atoms with Gasteiger partial charge in [0.05, 0.1) is 71.4 Å². The number of pyridine rings is 1. The molecule has 3 saturated heterocycles. The summed E-state index contributed by atoms with van der Waals surface area (Å²) in [4.78, 5) is 75.1. The van der Waals surface area contributed by atoms with E-state index in [-0.39, 0.29) is 54.6 Å². The van der Waals surface area contributed by atoms with Crippen LogP contribution in [-0.4, -0.2) is 151 Å². The minimum absolute atomic E-state index is 0.0286. The number of fused-ring (bicyclic) bond motifs is 3. The predicted octanol–water partition coefficient (Wildman–Crippen LogP) is 7.95. The Bertz CT molecular complexity index is 3570. The van der Waals surface area contributed by atoms with Gasteiger partial charge in [-0.25, -0.2) is 18.7 Å². The van der Waals surface area contributed by atoms with Crippen LogP contribution >= 0.6 is 11.3 Å². The van der Waals surface area contributed by atoms with Gasteiger partial charge in [0, 0.05) is 101 Å². The number of ether oxygens (including phenoxy) is 2. The second kappa shape index (κ2) is 23.1. The molecule has 0 unspecified atom stereocenters. The number of benzene rings is 2. The number of carbonyl (C=O) groups excluding carboxylic acids is 4. The minimum atomic E-state index is -2.82. The lowest BCUT2D eigenvalue weighted by Gasteiger charge is -2.36. The van der Waals surface area contributed by atoms with Crippen LogP contribution in [0, 0.1) is 19.8 Å². The van der Waals surface area contributed by atoms with E-state index < -0.39 is 36.4 Å². The molecule has 0 bridgehead atoms. The highest BCUT2D eigenvalue weighted by atomic mass is 32.1. The number of hydrogen-bond donors (Lipinski definition) is 2. The van der Waals surface area contributed by atoms with Crippen molar-refractivity contribution in [2.45, 2.75) is 110 Å². The van der Waals surface area contributed by atoms with E-state index in [0.29, 0.717) is 123 Å². The highest BCUT2D eigenvalue weighted by Gasteiger charge is 2.44. The Morgan fingerprint density at radius 1 is 0.904 bits per heavy atom. The first kappa shape index (κ1) is 55.8. The Kier molecular flexibility index (Phi) is 15.5. The number of imidazole rings is 1. The van der Waals surface area contributed by atoms with Gasteiger partial charge in [-0.15, -0.1) is 11.3 Å². The predicted molar refractivity (Wildman–Crippen MR) is 306 cm³/mol. The molecule has 0 spiro atoms. The summed E-state index contributed by atoms with van der Waals surface area (Å²) in [7, 11) is 0. The molecule has 10 heterocycles. The molecule has 0 aliphatic carbocycles. The maximum atomic E-state index is 15.4. The molecule has 12 rings (SSSR count). The molecule has 0 radical (unpaired) electrons. The van der Waals surface area contributed by atoms with E-state index in [2.05, 4.69) is 25.0 Å². The molecule has 7 aromatic rings. The third-order valence-electron chi connectivity index (χ3n) is 17.1. The summed E-state index contributed by atoms with van der Waals surface area (Å²) in [6.45, 7) is 13.7. The molecular weight excluding hydrogens is 1090 g/mol. The molecular formula is C60H68F2N12O8S. The standard InChI is InChI=1S/C60H68F2N12O8S/c1-34(2)55(51-24-35(3)67-82-51)60(79)73-31-42(76)26-49(73)59(78)65-46(38-6-8-39(9-7-38)56-36(4)64-33-83-56)29-54(77)69-18-16-68(17-19-69)53-30-63-52-25-40(10-15-72(52)53)43-28-50-48(27-44(43)57(61)62)71(20-23-81-50)58-45-32-70(37(5)75)14-11-47(45)74(66-58)41-12-21-80-22-13-41/h6-10,15,24-25,27-28,30,33-34,41-42,46,49,55,57,76H,11-14,16-23,26,29,31-32H2,1-5H3,(H,65,78)/t42-,46+,49+,55-/m1/s1. The first-order valence-electron chi connectivity index (χ1n) is 28.6. The zero-order valence-electron chi connectivity index (χ0n) is 47.2. The number of aromatic nitrogens is 6. The molecule has 0 saturated carbocycles. The number of aliphatic hydroxyl groups is 1. The van der Waals surface area contributed by atoms with Gasteiger partial charge in [0.2, 0.25) is 23.6 Å². The maximum Gasteiger partial charge on any atom is 0.264 e. The van der Waals surface area contributed by atoms with Crippen LogP contribution < -0.4 is 19.9 Å². The van der Waals surface area contributed by atoms with Crippen molar-refractivity contribution in [2.75, 3.05) is 75.4 Å². The molecule has 4 atom stereocenters. The highest BCUT2D eigenvalue weighted by molar-refractivity contribution is 7.13. The van der Waals surface area contributed by atoms with Crippen molar-refractivity contribution >= 4 is 57.9 Å². The molecule has 5 aromatic heterocycles. The van der Waals surface area contributed by atoms with Gasteiger partial charge < -0.3 is 48.9 Å². The largest absolute Gasteiger partial charge is 0.490 e. The number of alkyl halides is 2. The Balaban J connectivity index is 0.755. The fraction of sp³-hybridized carbons (Fsp3) is 0.467. The van der Waals surface area contributed by atoms with Crippen molar-refractivity contribution in [1.82, 2.24) is 49.3 Å². The van der Waals surface area contributed by atoms with Gasteiger partial charge in [0.25, 0.3) is 6.43 Å². The van der Waals surface area contributed by atoms with Crippen LogP contribution in [0.2, 0.25) is 0 Å². The van der Waals surface area contributed by atoms with Gasteiger partial charge in [-0.05, 0) is 79.1 Å². The molecule has 2 aromatic carbocycles. The topological polar surface area (TPSA) is 209 Å². The molecule has 2 N–H and O–H groups in total. The normalized spacial score (nSPS) is 19.3. The zero-order valence-corrected chi connectivity index (χ0v) is 48.0. The molecule has 23 heteroatoms. The second-order valence-corrected chi connectivity index (χ2v) is 23.6. The molecule has 20 nitrogen and oxygen atoms in total. The number of β-amino-alcohol motifs (C(OH)–C–C–N with tert-alkyl or cyclic N) is 1. The van der Waals surface area contributed by atoms with Crippen molar-refractivity contribution < 1.29 is 47.1 Å². The Morgan fingerprint density at radius 2 is 1.69 bits per heavy atom. The number of nitrogens with one attached hydrogen (secondary N) is 1. The number of piperazine rings is 1. The Hall–Kier alpha value is -7.76. The molecule has 5 aliphatic heterocycles. The van der Waals surface area contributed by atoms with Gasteiger partial charge in [0.1, 0.15) is 41.5 Å². The smallest absolute Gasteiger partial charge is 0.264 e. The monoisotopic (exact) mass is 1150 g/mol. The highest BCUT2D eigenvalue weighted by Crippen LogP contribution is 2.46. The summed E-state index contributed by atoms with van der Waals surface area (Å²) in [6, 6.07) is 14.6. The van der Waals surface area contributed by atoms with Crippen LogP contribution in [0.3, 0.4) is 0 Å². The third-order valence-corrected chi connectivity index (χ3v) is 18.0. The maximum absolute atomic E-state index is 15.4. The van der Waals surface area contributed by atoms with E-state index in [0.717, 1.165) is 46.1 Å². The number of likely N-dealkylation sites (tertiary alicyclic amines) is 1. The summed E-state index contributed by atoms with van der Waals surface area (Å²) in [5.41, 5.74) is 8.72. The summed E-state index contributed by atoms with van der Waals surface area (Å²) >= 11 is 1.53. The number of amides is 4. The van der Waals surface area contributed by atoms with Gasteiger partial charge in [-0.3, -0.25) is 28.3 Å². The van der Waals surface area contributed by atoms with E-state index in [4.69, 9.17) is 24.1 Å². The van der Waals surface area contributed by atoms with Crippen LogP contribution in [0.15, 0.2) is 77.0 Å². The van der Waals surface area contributed by atoms with Gasteiger partial charge in [0.15, 0.2) is 5.82 Å². The van der Waals surface area contributed by atoms with E-state index in [1.165, 1.54) is 22.3 Å². The summed E-state index contributed by atoms with van der Waals surface area (Å²) in [5.74, 6) is 0.348. The number of thiazole rings is 1. The summed E-state index contributed by atoms with van der Waals surface area (Å²) in [6.07, 6.45) is 2.07. The van der Waals surface area contributed by atoms with Crippen LogP contribution in [0.5, 0.6) is 5.75 Å². The van der Waals surface area contributed by atoms with Crippen molar-refractivity contribution in [3.63, 3.8) is 0 Å². The zero-order chi connectivity index (χ0) is 57.8. The number of rotatable bonds is 14. The Labute approximate surface area is 482 Å². The number of carbonyl (C=O) groups is 4. The van der Waals surface area contributed by atoms with Crippen LogP contribution in [0.1, 0.15) is 110 Å². The third kappa shape index (κ3) is 10.9. The lowest BCUT2D eigenvalue weighted by molar-refractivity contribution is -0.141. The average Bonchev–Trinajstić information content (AvgIpc) is 4.40. The van der Waals surface area contributed by atoms with Crippen LogP contribution in [0.4, 0.5) is 26.1 Å². The van der Waals surface area contributed by atoms with Gasteiger partial charge in [-0.1, -0.05) is 43.3 Å². The lowest BCUT2D eigenvalue weighted by Crippen LogP contribution is -2.51. The van der Waals surface area contributed by atoms with Crippen molar-refractivity contribution in [2.24, 2.45) is 5.92 Å². The van der Waals surface area contributed by atoms with Crippen molar-refractivity contribution in [3.8, 4) is 27.3 Å². The first-order valence-corrected chi connectivity index (χ1v) is 29.5. The quantitative estimate of drug-likeness (QED) is 0.106. The average molecular weight is 1160 g/mol. The molecule has 3 fully saturated rings. The molecule has 436 valence electrons. The van der Waals surface area contributed by atoms with Crippen molar-refractivity contribution in [3.05, 3.63) is 112 Å². The van der Waals surface area contributed by atoms with Gasteiger partial charge in [-0.2, -0.15) is 5.10 Å². The van der Waals surface area contributed by atoms with E-state index >= 15 is 8.78 Å². The molecule has 83 heavy (non-hydrogen) atoms. The second-order valence-electron chi connectivity index (χ2n) is 22.7.